The number of aromatic nitrogens is 2. The highest BCUT2D eigenvalue weighted by Crippen LogP contribution is 2.38. The number of halogens is 5. The van der Waals surface area contributed by atoms with Crippen molar-refractivity contribution >= 4 is 77.7 Å². The Morgan fingerprint density at radius 2 is 1.50 bits per heavy atom. The van der Waals surface area contributed by atoms with Crippen molar-refractivity contribution in [1.29, 1.82) is 0 Å². The van der Waals surface area contributed by atoms with Gasteiger partial charge in [-0.1, -0.05) is 72.7 Å². The summed E-state index contributed by atoms with van der Waals surface area (Å²) in [4.78, 5) is 9.04. The monoisotopic (exact) mass is 430 g/mol. The van der Waals surface area contributed by atoms with Crippen molar-refractivity contribution in [2.45, 2.75) is 14.5 Å². The Morgan fingerprint density at radius 1 is 0.944 bits per heavy atom. The molecule has 0 atom stereocenters. The largest absolute Gasteiger partial charge is 0.248 e. The summed E-state index contributed by atoms with van der Waals surface area (Å²) in [5.41, 5.74) is 3.87. The minimum absolute atomic E-state index is 0.585. The van der Waals surface area contributed by atoms with Crippen LogP contribution in [0.1, 0.15) is 17.0 Å². The number of alkyl halides is 5. The first-order valence-electron chi connectivity index (χ1n) is 4.94. The molecule has 2 nitrogen and oxygen atoms in total. The fourth-order valence-corrected chi connectivity index (χ4v) is 2.77. The molecule has 0 aliphatic rings. The first-order valence-corrected chi connectivity index (χ1v) is 8.32. The standard InChI is InChI=1S/C11H7Br2Cl3N2/c12-4-9-10(5-13)18-8-3-6(11(14,15)16)1-2-7(8)17-9/h1-3H,4-5H2. The Morgan fingerprint density at radius 3 is 2.00 bits per heavy atom. The Bertz CT molecular complexity index is 584. The lowest BCUT2D eigenvalue weighted by Gasteiger charge is -2.12. The van der Waals surface area contributed by atoms with Gasteiger partial charge in [-0.25, -0.2) is 9.97 Å². The van der Waals surface area contributed by atoms with Crippen molar-refractivity contribution < 1.29 is 0 Å². The van der Waals surface area contributed by atoms with Gasteiger partial charge in [0.05, 0.1) is 22.4 Å². The van der Waals surface area contributed by atoms with Crippen molar-refractivity contribution in [2.75, 3.05) is 0 Å². The maximum Gasteiger partial charge on any atom is 0.216 e. The molecule has 0 aliphatic carbocycles. The molecule has 0 saturated carbocycles. The molecule has 0 saturated heterocycles. The van der Waals surface area contributed by atoms with Gasteiger partial charge in [0, 0.05) is 16.2 Å². The third-order valence-corrected chi connectivity index (χ3v) is 4.12. The molecule has 1 aromatic carbocycles. The Kier molecular flexibility index (Phi) is 4.76. The molecule has 18 heavy (non-hydrogen) atoms. The third kappa shape index (κ3) is 3.10. The number of benzene rings is 1. The van der Waals surface area contributed by atoms with E-state index in [2.05, 4.69) is 41.8 Å². The van der Waals surface area contributed by atoms with E-state index in [9.17, 15) is 0 Å². The molecule has 0 spiro atoms. The molecule has 0 amide bonds. The number of rotatable bonds is 2. The zero-order valence-electron chi connectivity index (χ0n) is 8.93. The van der Waals surface area contributed by atoms with Crippen LogP contribution in [-0.4, -0.2) is 9.97 Å². The summed E-state index contributed by atoms with van der Waals surface area (Å²) < 4.78 is -1.45. The van der Waals surface area contributed by atoms with E-state index in [-0.39, 0.29) is 0 Å². The van der Waals surface area contributed by atoms with Crippen molar-refractivity contribution in [3.63, 3.8) is 0 Å². The van der Waals surface area contributed by atoms with E-state index in [1.807, 2.05) is 6.07 Å². The molecular formula is C11H7Br2Cl3N2. The van der Waals surface area contributed by atoms with Crippen LogP contribution < -0.4 is 0 Å². The summed E-state index contributed by atoms with van der Waals surface area (Å²) in [6, 6.07) is 5.30. The fourth-order valence-electron chi connectivity index (χ4n) is 1.52. The first-order chi connectivity index (χ1) is 8.45. The van der Waals surface area contributed by atoms with Gasteiger partial charge >= 0.3 is 0 Å². The molecular weight excluding hydrogens is 426 g/mol. The maximum atomic E-state index is 5.86. The predicted molar refractivity (Wildman–Crippen MR) is 84.0 cm³/mol. The summed E-state index contributed by atoms with van der Waals surface area (Å²) in [6.07, 6.45) is 0. The predicted octanol–water partition coefficient (Wildman–Crippen LogP) is 5.25. The molecule has 0 unspecified atom stereocenters. The average Bonchev–Trinajstić information content (AvgIpc) is 2.35. The van der Waals surface area contributed by atoms with Crippen LogP contribution in [0.3, 0.4) is 0 Å². The van der Waals surface area contributed by atoms with Gasteiger partial charge in [0.2, 0.25) is 3.79 Å². The average molecular weight is 433 g/mol. The summed E-state index contributed by atoms with van der Waals surface area (Å²) in [6.45, 7) is 0. The van der Waals surface area contributed by atoms with Crippen molar-refractivity contribution in [2.24, 2.45) is 0 Å². The number of nitrogens with zero attached hydrogens (tertiary/aromatic N) is 2. The molecule has 1 aromatic heterocycles. The number of hydrogen-bond donors (Lipinski definition) is 0. The summed E-state index contributed by atoms with van der Waals surface area (Å²) in [5.74, 6) is 0. The molecule has 96 valence electrons. The van der Waals surface area contributed by atoms with E-state index >= 15 is 0 Å². The molecule has 2 rings (SSSR count). The van der Waals surface area contributed by atoms with Crippen LogP contribution in [0.2, 0.25) is 0 Å². The lowest BCUT2D eigenvalue weighted by atomic mass is 10.2. The molecule has 0 bridgehead atoms. The van der Waals surface area contributed by atoms with Crippen LogP contribution in [0.5, 0.6) is 0 Å². The van der Waals surface area contributed by atoms with E-state index in [1.165, 1.54) is 0 Å². The van der Waals surface area contributed by atoms with Crippen LogP contribution >= 0.6 is 66.7 Å². The van der Waals surface area contributed by atoms with Gasteiger partial charge in [-0.3, -0.25) is 0 Å². The van der Waals surface area contributed by atoms with Gasteiger partial charge in [-0.15, -0.1) is 0 Å². The van der Waals surface area contributed by atoms with Crippen LogP contribution in [-0.2, 0) is 14.5 Å². The zero-order valence-corrected chi connectivity index (χ0v) is 14.4. The lowest BCUT2D eigenvalue weighted by molar-refractivity contribution is 1.08. The number of hydrogen-bond acceptors (Lipinski definition) is 2. The fraction of sp³-hybridized carbons (Fsp3) is 0.273. The normalized spacial score (nSPS) is 12.1. The lowest BCUT2D eigenvalue weighted by Crippen LogP contribution is -2.03. The highest BCUT2D eigenvalue weighted by Gasteiger charge is 2.23. The van der Waals surface area contributed by atoms with Gasteiger partial charge in [0.15, 0.2) is 0 Å². The summed E-state index contributed by atoms with van der Waals surface area (Å²) >= 11 is 24.4. The molecule has 0 N–H and O–H groups in total. The van der Waals surface area contributed by atoms with Crippen molar-refractivity contribution in [3.8, 4) is 0 Å². The second-order valence-corrected chi connectivity index (χ2v) is 6.99. The van der Waals surface area contributed by atoms with Crippen LogP contribution in [0, 0.1) is 0 Å². The van der Waals surface area contributed by atoms with E-state index in [4.69, 9.17) is 34.8 Å². The van der Waals surface area contributed by atoms with Crippen molar-refractivity contribution in [3.05, 3.63) is 35.2 Å². The highest BCUT2D eigenvalue weighted by molar-refractivity contribution is 9.09. The second-order valence-electron chi connectivity index (χ2n) is 3.59. The third-order valence-electron chi connectivity index (χ3n) is 2.40. The minimum atomic E-state index is -1.45. The molecule has 0 radical (unpaired) electrons. The number of fused-ring (bicyclic) bond motifs is 1. The van der Waals surface area contributed by atoms with E-state index < -0.39 is 3.79 Å². The molecule has 7 heteroatoms. The maximum absolute atomic E-state index is 5.86. The van der Waals surface area contributed by atoms with Gasteiger partial charge < -0.3 is 0 Å². The van der Waals surface area contributed by atoms with Crippen LogP contribution in [0.4, 0.5) is 0 Å². The van der Waals surface area contributed by atoms with Gasteiger partial charge in [0.1, 0.15) is 0 Å². The minimum Gasteiger partial charge on any atom is -0.248 e. The van der Waals surface area contributed by atoms with E-state index in [0.717, 1.165) is 22.4 Å². The Hall–Kier alpha value is 0.390. The first kappa shape index (κ1) is 14.8. The quantitative estimate of drug-likeness (QED) is 0.605. The molecule has 0 fully saturated rings. The Labute approximate surface area is 136 Å². The zero-order chi connectivity index (χ0) is 13.3. The summed E-state index contributed by atoms with van der Waals surface area (Å²) in [5, 5.41) is 1.29. The van der Waals surface area contributed by atoms with Gasteiger partial charge in [-0.2, -0.15) is 0 Å². The summed E-state index contributed by atoms with van der Waals surface area (Å²) in [7, 11) is 0. The molecule has 1 heterocycles. The van der Waals surface area contributed by atoms with Crippen molar-refractivity contribution in [1.82, 2.24) is 9.97 Å². The Balaban J connectivity index is 2.63. The molecule has 2 aromatic rings. The second kappa shape index (κ2) is 5.80. The molecule has 0 aliphatic heterocycles. The smallest absolute Gasteiger partial charge is 0.216 e. The SMILES string of the molecule is ClC(Cl)(Cl)c1ccc2nc(CBr)c(CBr)nc2c1. The van der Waals surface area contributed by atoms with E-state index in [1.54, 1.807) is 12.1 Å². The van der Waals surface area contributed by atoms with Crippen LogP contribution in [0.25, 0.3) is 11.0 Å². The van der Waals surface area contributed by atoms with E-state index in [0.29, 0.717) is 16.2 Å². The highest BCUT2D eigenvalue weighted by atomic mass is 79.9. The van der Waals surface area contributed by atoms with Gasteiger partial charge in [-0.05, 0) is 12.1 Å². The van der Waals surface area contributed by atoms with Gasteiger partial charge in [0.25, 0.3) is 0 Å². The van der Waals surface area contributed by atoms with Crippen LogP contribution in [0.15, 0.2) is 18.2 Å². The topological polar surface area (TPSA) is 25.8 Å².